The van der Waals surface area contributed by atoms with Crippen LogP contribution in [0.25, 0.3) is 0 Å². The van der Waals surface area contributed by atoms with Crippen LogP contribution in [0.1, 0.15) is 33.6 Å². The molecule has 3 nitrogen and oxygen atoms in total. The quantitative estimate of drug-likeness (QED) is 0.549. The van der Waals surface area contributed by atoms with E-state index in [9.17, 15) is 4.79 Å². The van der Waals surface area contributed by atoms with Crippen molar-refractivity contribution in [3.05, 3.63) is 0 Å². The second kappa shape index (κ2) is 7.10. The minimum absolute atomic E-state index is 0.147. The monoisotopic (exact) mass is 173 g/mol. The predicted octanol–water partition coefficient (Wildman–Crippen LogP) is 1.66. The first-order valence-electron chi connectivity index (χ1n) is 4.35. The Morgan fingerprint density at radius 1 is 1.33 bits per heavy atom. The highest BCUT2D eigenvalue weighted by molar-refractivity contribution is 5.38. The maximum absolute atomic E-state index is 9.68. The number of carbonyl (C=O) groups excluding carboxylic acids is 1. The summed E-state index contributed by atoms with van der Waals surface area (Å²) in [6.45, 7) is 7.85. The van der Waals surface area contributed by atoms with Crippen molar-refractivity contribution in [3.8, 4) is 0 Å². The molecule has 3 heteroatoms. The van der Waals surface area contributed by atoms with Crippen LogP contribution in [0, 0.1) is 0 Å². The molecule has 0 rings (SSSR count). The van der Waals surface area contributed by atoms with Crippen molar-refractivity contribution in [2.45, 2.75) is 45.8 Å². The summed E-state index contributed by atoms with van der Waals surface area (Å²) < 4.78 is 9.97. The first kappa shape index (κ1) is 11.4. The minimum atomic E-state index is 0.147. The van der Waals surface area contributed by atoms with Gasteiger partial charge in [-0.3, -0.25) is 0 Å². The lowest BCUT2D eigenvalue weighted by Crippen LogP contribution is -2.17. The lowest BCUT2D eigenvalue weighted by atomic mass is 10.2. The molecule has 0 bridgehead atoms. The molecule has 0 spiro atoms. The molecule has 0 fully saturated rings. The Hall–Kier alpha value is -0.570. The van der Waals surface area contributed by atoms with Gasteiger partial charge in [0.1, 0.15) is 0 Å². The van der Waals surface area contributed by atoms with Gasteiger partial charge in [0.2, 0.25) is 0 Å². The Labute approximate surface area is 74.0 Å². The van der Waals surface area contributed by atoms with Gasteiger partial charge in [-0.1, -0.05) is 6.92 Å². The van der Waals surface area contributed by atoms with Crippen LogP contribution in [0.3, 0.4) is 0 Å². The van der Waals surface area contributed by atoms with Crippen LogP contribution in [0.2, 0.25) is 0 Å². The average molecular weight is 173 g/mol. The Bertz CT molecular complexity index is 114. The van der Waals surface area contributed by atoms with Gasteiger partial charge in [0.25, 0.3) is 0 Å². The molecule has 0 saturated heterocycles. The van der Waals surface area contributed by atoms with Crippen molar-refractivity contribution in [1.82, 2.24) is 0 Å². The van der Waals surface area contributed by atoms with Crippen molar-refractivity contribution >= 4 is 6.47 Å². The Kier molecular flexibility index (Phi) is 6.76. The molecule has 0 amide bonds. The summed E-state index contributed by atoms with van der Waals surface area (Å²) in [4.78, 5) is 9.68. The first-order valence-corrected chi connectivity index (χ1v) is 4.35. The molecular weight excluding hydrogens is 156 g/mol. The third kappa shape index (κ3) is 6.16. The van der Waals surface area contributed by atoms with Crippen LogP contribution in [-0.2, 0) is 14.3 Å². The summed E-state index contributed by atoms with van der Waals surface area (Å²) >= 11 is 0. The molecule has 1 radical (unpaired) electrons. The fraction of sp³-hybridized carbons (Fsp3) is 0.889. The van der Waals surface area contributed by atoms with Crippen LogP contribution in [0.5, 0.6) is 0 Å². The normalized spacial score (nSPS) is 15.2. The van der Waals surface area contributed by atoms with Crippen molar-refractivity contribution in [1.29, 1.82) is 0 Å². The standard InChI is InChI=1S/C9H17O3/c1-4-8(2)12-9(3)5-6-11-7-10/h8-9H,4-6H2,1-3H3. The third-order valence-electron chi connectivity index (χ3n) is 1.72. The van der Waals surface area contributed by atoms with Gasteiger partial charge in [-0.2, -0.15) is 0 Å². The van der Waals surface area contributed by atoms with Gasteiger partial charge >= 0.3 is 6.47 Å². The fourth-order valence-electron chi connectivity index (χ4n) is 0.827. The predicted molar refractivity (Wildman–Crippen MR) is 46.6 cm³/mol. The second-order valence-corrected chi connectivity index (χ2v) is 2.89. The molecule has 0 saturated carbocycles. The van der Waals surface area contributed by atoms with E-state index in [4.69, 9.17) is 4.74 Å². The van der Waals surface area contributed by atoms with E-state index in [1.165, 1.54) is 6.47 Å². The molecule has 0 aliphatic heterocycles. The van der Waals surface area contributed by atoms with Gasteiger partial charge in [-0.15, -0.1) is 0 Å². The maximum atomic E-state index is 9.68. The smallest absolute Gasteiger partial charge is 0.417 e. The van der Waals surface area contributed by atoms with E-state index < -0.39 is 0 Å². The molecule has 0 aromatic rings. The fourth-order valence-corrected chi connectivity index (χ4v) is 0.827. The van der Waals surface area contributed by atoms with Gasteiger partial charge in [0.05, 0.1) is 18.8 Å². The summed E-state index contributed by atoms with van der Waals surface area (Å²) in [5, 5.41) is 0. The van der Waals surface area contributed by atoms with E-state index in [0.29, 0.717) is 6.61 Å². The summed E-state index contributed by atoms with van der Waals surface area (Å²) in [5.41, 5.74) is 0. The SMILES string of the molecule is CCC(C)OC(C)CCO[C]=O. The first-order chi connectivity index (χ1) is 5.70. The highest BCUT2D eigenvalue weighted by Crippen LogP contribution is 2.04. The van der Waals surface area contributed by atoms with Crippen molar-refractivity contribution in [3.63, 3.8) is 0 Å². The molecule has 0 heterocycles. The molecule has 12 heavy (non-hydrogen) atoms. The van der Waals surface area contributed by atoms with Crippen molar-refractivity contribution in [2.24, 2.45) is 0 Å². The van der Waals surface area contributed by atoms with Crippen LogP contribution < -0.4 is 0 Å². The van der Waals surface area contributed by atoms with E-state index >= 15 is 0 Å². The second-order valence-electron chi connectivity index (χ2n) is 2.89. The Morgan fingerprint density at radius 2 is 2.00 bits per heavy atom. The van der Waals surface area contributed by atoms with Crippen LogP contribution in [0.4, 0.5) is 0 Å². The van der Waals surface area contributed by atoms with Crippen molar-refractivity contribution < 1.29 is 14.3 Å². The Morgan fingerprint density at radius 3 is 2.50 bits per heavy atom. The van der Waals surface area contributed by atoms with E-state index in [2.05, 4.69) is 11.7 Å². The molecule has 2 unspecified atom stereocenters. The van der Waals surface area contributed by atoms with E-state index in [-0.39, 0.29) is 12.2 Å². The Balaban J connectivity index is 3.32. The van der Waals surface area contributed by atoms with Crippen LogP contribution >= 0.6 is 0 Å². The molecule has 2 atom stereocenters. The topological polar surface area (TPSA) is 35.5 Å². The largest absolute Gasteiger partial charge is 0.457 e. The van der Waals surface area contributed by atoms with E-state index in [0.717, 1.165) is 12.8 Å². The molecule has 0 aliphatic rings. The van der Waals surface area contributed by atoms with Crippen LogP contribution in [-0.4, -0.2) is 25.3 Å². The number of ether oxygens (including phenoxy) is 2. The summed E-state index contributed by atoms with van der Waals surface area (Å²) in [5.74, 6) is 0. The molecule has 0 N–H and O–H groups in total. The van der Waals surface area contributed by atoms with Gasteiger partial charge in [-0.05, 0) is 20.3 Å². The summed E-state index contributed by atoms with van der Waals surface area (Å²) in [6, 6.07) is 0. The highest BCUT2D eigenvalue weighted by Gasteiger charge is 2.06. The summed E-state index contributed by atoms with van der Waals surface area (Å²) in [7, 11) is 0. The van der Waals surface area contributed by atoms with Gasteiger partial charge in [0.15, 0.2) is 0 Å². The van der Waals surface area contributed by atoms with E-state index in [1.54, 1.807) is 0 Å². The molecule has 71 valence electrons. The third-order valence-corrected chi connectivity index (χ3v) is 1.72. The number of hydrogen-bond acceptors (Lipinski definition) is 3. The van der Waals surface area contributed by atoms with Crippen LogP contribution in [0.15, 0.2) is 0 Å². The zero-order valence-electron chi connectivity index (χ0n) is 8.00. The zero-order chi connectivity index (χ0) is 9.40. The maximum Gasteiger partial charge on any atom is 0.417 e. The summed E-state index contributed by atoms with van der Waals surface area (Å²) in [6.07, 6.45) is 2.17. The van der Waals surface area contributed by atoms with E-state index in [1.807, 2.05) is 13.8 Å². The molecule has 0 aromatic carbocycles. The minimum Gasteiger partial charge on any atom is -0.457 e. The van der Waals surface area contributed by atoms with Gasteiger partial charge in [0, 0.05) is 6.42 Å². The molecule has 0 aliphatic carbocycles. The molecular formula is C9H17O3. The highest BCUT2D eigenvalue weighted by atomic mass is 16.5. The van der Waals surface area contributed by atoms with Gasteiger partial charge in [-0.25, -0.2) is 4.79 Å². The number of rotatable bonds is 7. The van der Waals surface area contributed by atoms with Gasteiger partial charge < -0.3 is 9.47 Å². The lowest BCUT2D eigenvalue weighted by Gasteiger charge is -2.16. The zero-order valence-corrected chi connectivity index (χ0v) is 8.00. The van der Waals surface area contributed by atoms with Crippen molar-refractivity contribution in [2.75, 3.05) is 6.61 Å². The lowest BCUT2D eigenvalue weighted by molar-refractivity contribution is -0.00418. The average Bonchev–Trinajstić information content (AvgIpc) is 2.05. The molecule has 0 aromatic heterocycles. The number of hydrogen-bond donors (Lipinski definition) is 0.